The molecule has 1 aromatic rings. The first kappa shape index (κ1) is 14.7. The third-order valence-corrected chi connectivity index (χ3v) is 4.16. The Kier molecular flexibility index (Phi) is 4.51. The second-order valence-corrected chi connectivity index (χ2v) is 5.69. The first-order valence-corrected chi connectivity index (χ1v) is 6.69. The smallest absolute Gasteiger partial charge is 0.350 e. The van der Waals surface area contributed by atoms with Gasteiger partial charge in [-0.15, -0.1) is 11.3 Å². The second-order valence-electron chi connectivity index (χ2n) is 4.81. The molecule has 100 valence electrons. The SMILES string of the molecule is CCC(C)(C)C(=O)Nc1c(C)csc1C(=O)OC. The third kappa shape index (κ3) is 2.90. The molecule has 1 N–H and O–H groups in total. The summed E-state index contributed by atoms with van der Waals surface area (Å²) in [7, 11) is 1.33. The summed E-state index contributed by atoms with van der Waals surface area (Å²) in [6, 6.07) is 0. The molecule has 0 unspecified atom stereocenters. The van der Waals surface area contributed by atoms with Gasteiger partial charge in [-0.2, -0.15) is 0 Å². The van der Waals surface area contributed by atoms with E-state index in [1.54, 1.807) is 0 Å². The fourth-order valence-electron chi connectivity index (χ4n) is 1.29. The van der Waals surface area contributed by atoms with E-state index in [1.807, 2.05) is 33.1 Å². The molecule has 0 spiro atoms. The van der Waals surface area contributed by atoms with Crippen LogP contribution in [0.25, 0.3) is 0 Å². The molecule has 1 amide bonds. The summed E-state index contributed by atoms with van der Waals surface area (Å²) < 4.78 is 4.70. The van der Waals surface area contributed by atoms with Crippen LogP contribution in [0.15, 0.2) is 5.38 Å². The largest absolute Gasteiger partial charge is 0.465 e. The van der Waals surface area contributed by atoms with Gasteiger partial charge in [0.15, 0.2) is 0 Å². The zero-order valence-electron chi connectivity index (χ0n) is 11.4. The van der Waals surface area contributed by atoms with Gasteiger partial charge in [0, 0.05) is 5.41 Å². The number of thiophene rings is 1. The Hall–Kier alpha value is -1.36. The highest BCUT2D eigenvalue weighted by Gasteiger charge is 2.28. The average Bonchev–Trinajstić information content (AvgIpc) is 2.70. The number of rotatable bonds is 4. The van der Waals surface area contributed by atoms with Crippen LogP contribution in [0.1, 0.15) is 42.4 Å². The highest BCUT2D eigenvalue weighted by molar-refractivity contribution is 7.12. The minimum atomic E-state index is -0.457. The van der Waals surface area contributed by atoms with E-state index in [2.05, 4.69) is 5.32 Å². The van der Waals surface area contributed by atoms with E-state index in [4.69, 9.17) is 4.74 Å². The number of aryl methyl sites for hydroxylation is 1. The van der Waals surface area contributed by atoms with Crippen molar-refractivity contribution < 1.29 is 14.3 Å². The molecule has 0 aliphatic rings. The maximum Gasteiger partial charge on any atom is 0.350 e. The number of nitrogens with one attached hydrogen (secondary N) is 1. The Morgan fingerprint density at radius 2 is 2.06 bits per heavy atom. The second kappa shape index (κ2) is 5.52. The van der Waals surface area contributed by atoms with Crippen molar-refractivity contribution in [2.45, 2.75) is 34.1 Å². The van der Waals surface area contributed by atoms with Crippen LogP contribution in [-0.4, -0.2) is 19.0 Å². The molecule has 0 radical (unpaired) electrons. The Morgan fingerprint density at radius 3 is 2.56 bits per heavy atom. The van der Waals surface area contributed by atoms with Crippen LogP contribution in [0.2, 0.25) is 0 Å². The molecule has 0 saturated heterocycles. The molecule has 0 aromatic carbocycles. The molecule has 1 rings (SSSR count). The normalized spacial score (nSPS) is 11.2. The van der Waals surface area contributed by atoms with Crippen molar-refractivity contribution in [2.75, 3.05) is 12.4 Å². The number of anilines is 1. The van der Waals surface area contributed by atoms with Gasteiger partial charge in [0.2, 0.25) is 5.91 Å². The molecular formula is C13H19NO3S. The van der Waals surface area contributed by atoms with Crippen molar-refractivity contribution in [3.8, 4) is 0 Å². The zero-order valence-corrected chi connectivity index (χ0v) is 12.2. The molecule has 5 heteroatoms. The number of amides is 1. The maximum atomic E-state index is 12.1. The summed E-state index contributed by atoms with van der Waals surface area (Å²) in [5.74, 6) is -0.505. The van der Waals surface area contributed by atoms with Crippen molar-refractivity contribution in [1.82, 2.24) is 0 Å². The highest BCUT2D eigenvalue weighted by atomic mass is 32.1. The number of hydrogen-bond donors (Lipinski definition) is 1. The Bertz CT molecular complexity index is 463. The van der Waals surface area contributed by atoms with Crippen LogP contribution in [0, 0.1) is 12.3 Å². The minimum Gasteiger partial charge on any atom is -0.465 e. The summed E-state index contributed by atoms with van der Waals surface area (Å²) in [5.41, 5.74) is 0.987. The number of ether oxygens (including phenoxy) is 1. The summed E-state index contributed by atoms with van der Waals surface area (Å²) in [4.78, 5) is 24.1. The summed E-state index contributed by atoms with van der Waals surface area (Å²) >= 11 is 1.28. The van der Waals surface area contributed by atoms with E-state index < -0.39 is 11.4 Å². The van der Waals surface area contributed by atoms with Gasteiger partial charge >= 0.3 is 5.97 Å². The van der Waals surface area contributed by atoms with E-state index in [1.165, 1.54) is 18.4 Å². The summed E-state index contributed by atoms with van der Waals surface area (Å²) in [5, 5.41) is 4.67. The third-order valence-electron chi connectivity index (χ3n) is 3.08. The van der Waals surface area contributed by atoms with Crippen molar-refractivity contribution in [2.24, 2.45) is 5.41 Å². The lowest BCUT2D eigenvalue weighted by atomic mass is 9.89. The van der Waals surface area contributed by atoms with Crippen LogP contribution in [0.5, 0.6) is 0 Å². The number of carbonyl (C=O) groups is 2. The molecule has 0 bridgehead atoms. The Labute approximate surface area is 111 Å². The van der Waals surface area contributed by atoms with E-state index in [0.29, 0.717) is 10.6 Å². The summed E-state index contributed by atoms with van der Waals surface area (Å²) in [6.07, 6.45) is 0.732. The molecule has 4 nitrogen and oxygen atoms in total. The van der Waals surface area contributed by atoms with Gasteiger partial charge in [-0.25, -0.2) is 4.79 Å². The van der Waals surface area contributed by atoms with E-state index >= 15 is 0 Å². The fourth-order valence-corrected chi connectivity index (χ4v) is 2.21. The fraction of sp³-hybridized carbons (Fsp3) is 0.538. The van der Waals surface area contributed by atoms with E-state index in [9.17, 15) is 9.59 Å². The van der Waals surface area contributed by atoms with Crippen molar-refractivity contribution >= 4 is 28.9 Å². The minimum absolute atomic E-state index is 0.0864. The van der Waals surface area contributed by atoms with Gasteiger partial charge in [-0.05, 0) is 24.3 Å². The molecule has 0 aliphatic carbocycles. The molecule has 1 heterocycles. The van der Waals surface area contributed by atoms with Crippen LogP contribution in [0.3, 0.4) is 0 Å². The van der Waals surface area contributed by atoms with Gasteiger partial charge in [-0.3, -0.25) is 4.79 Å². The predicted molar refractivity (Wildman–Crippen MR) is 73.1 cm³/mol. The van der Waals surface area contributed by atoms with Gasteiger partial charge in [0.25, 0.3) is 0 Å². The van der Waals surface area contributed by atoms with Crippen molar-refractivity contribution in [3.63, 3.8) is 0 Å². The quantitative estimate of drug-likeness (QED) is 0.854. The lowest BCUT2D eigenvalue weighted by molar-refractivity contribution is -0.124. The molecule has 1 aromatic heterocycles. The molecule has 18 heavy (non-hydrogen) atoms. The van der Waals surface area contributed by atoms with E-state index in [0.717, 1.165) is 12.0 Å². The van der Waals surface area contributed by atoms with Crippen LogP contribution in [0.4, 0.5) is 5.69 Å². The average molecular weight is 269 g/mol. The Balaban J connectivity index is 3.01. The lowest BCUT2D eigenvalue weighted by Crippen LogP contribution is -2.30. The standard InChI is InChI=1S/C13H19NO3S/c1-6-13(3,4)12(16)14-9-8(2)7-18-10(9)11(15)17-5/h7H,6H2,1-5H3,(H,14,16). The molecular weight excluding hydrogens is 250 g/mol. The number of esters is 1. The predicted octanol–water partition coefficient (Wildman–Crippen LogP) is 3.22. The first-order valence-electron chi connectivity index (χ1n) is 5.81. The van der Waals surface area contributed by atoms with Gasteiger partial charge in [0.1, 0.15) is 4.88 Å². The van der Waals surface area contributed by atoms with Crippen molar-refractivity contribution in [1.29, 1.82) is 0 Å². The first-order chi connectivity index (χ1) is 8.33. The van der Waals surface area contributed by atoms with Crippen molar-refractivity contribution in [3.05, 3.63) is 15.8 Å². The van der Waals surface area contributed by atoms with Gasteiger partial charge in [-0.1, -0.05) is 20.8 Å². The summed E-state index contributed by atoms with van der Waals surface area (Å²) in [6.45, 7) is 7.57. The maximum absolute atomic E-state index is 12.1. The number of carbonyl (C=O) groups excluding carboxylic acids is 2. The van der Waals surface area contributed by atoms with Crippen LogP contribution in [-0.2, 0) is 9.53 Å². The topological polar surface area (TPSA) is 55.4 Å². The molecule has 0 aliphatic heterocycles. The Morgan fingerprint density at radius 1 is 1.44 bits per heavy atom. The monoisotopic (exact) mass is 269 g/mol. The van der Waals surface area contributed by atoms with Crippen LogP contribution < -0.4 is 5.32 Å². The molecule has 0 fully saturated rings. The zero-order chi connectivity index (χ0) is 13.9. The number of methoxy groups -OCH3 is 1. The van der Waals surface area contributed by atoms with Gasteiger partial charge < -0.3 is 10.1 Å². The lowest BCUT2D eigenvalue weighted by Gasteiger charge is -2.21. The highest BCUT2D eigenvalue weighted by Crippen LogP contribution is 2.30. The number of hydrogen-bond acceptors (Lipinski definition) is 4. The molecule has 0 atom stereocenters. The molecule has 0 saturated carbocycles. The van der Waals surface area contributed by atoms with Gasteiger partial charge in [0.05, 0.1) is 12.8 Å². The van der Waals surface area contributed by atoms with Crippen LogP contribution >= 0.6 is 11.3 Å². The van der Waals surface area contributed by atoms with E-state index in [-0.39, 0.29) is 5.91 Å².